The van der Waals surface area contributed by atoms with E-state index in [-0.39, 0.29) is 0 Å². The number of pyridine rings is 1. The molecule has 0 aromatic carbocycles. The highest BCUT2D eigenvalue weighted by atomic mass is 32.1. The van der Waals surface area contributed by atoms with Crippen molar-refractivity contribution in [2.24, 2.45) is 5.73 Å². The van der Waals surface area contributed by atoms with Gasteiger partial charge in [0.15, 0.2) is 0 Å². The van der Waals surface area contributed by atoms with Gasteiger partial charge >= 0.3 is 0 Å². The Kier molecular flexibility index (Phi) is 3.66. The maximum Gasteiger partial charge on any atom is 0.127 e. The van der Waals surface area contributed by atoms with Crippen molar-refractivity contribution in [3.8, 4) is 0 Å². The van der Waals surface area contributed by atoms with E-state index in [0.29, 0.717) is 22.8 Å². The van der Waals surface area contributed by atoms with E-state index in [4.69, 9.17) is 18.0 Å². The van der Waals surface area contributed by atoms with E-state index >= 15 is 0 Å². The lowest BCUT2D eigenvalue weighted by molar-refractivity contribution is 0.192. The second-order valence-corrected chi connectivity index (χ2v) is 5.85. The van der Waals surface area contributed by atoms with Crippen molar-refractivity contribution in [2.75, 3.05) is 18.4 Å². The van der Waals surface area contributed by atoms with E-state index in [1.807, 2.05) is 18.2 Å². The van der Waals surface area contributed by atoms with Gasteiger partial charge in [-0.25, -0.2) is 4.98 Å². The van der Waals surface area contributed by atoms with E-state index in [0.717, 1.165) is 5.82 Å². The molecule has 2 saturated heterocycles. The number of anilines is 1. The van der Waals surface area contributed by atoms with Gasteiger partial charge in [0.2, 0.25) is 0 Å². The molecule has 5 heteroatoms. The van der Waals surface area contributed by atoms with Crippen molar-refractivity contribution in [1.82, 2.24) is 9.88 Å². The number of fused-ring (bicyclic) bond motifs is 1. The smallest absolute Gasteiger partial charge is 0.127 e. The summed E-state index contributed by atoms with van der Waals surface area (Å²) in [6.07, 6.45) is 5.19. The number of thiocarbonyl (C=S) groups is 1. The van der Waals surface area contributed by atoms with Crippen molar-refractivity contribution >= 4 is 23.0 Å². The molecule has 1 aromatic heterocycles. The number of nitrogens with zero attached hydrogens (tertiary/aromatic N) is 2. The van der Waals surface area contributed by atoms with E-state index in [1.165, 1.54) is 38.8 Å². The fourth-order valence-corrected chi connectivity index (χ4v) is 3.37. The van der Waals surface area contributed by atoms with Gasteiger partial charge < -0.3 is 11.1 Å². The molecular formula is C14H20N4S. The Balaban J connectivity index is 1.71. The van der Waals surface area contributed by atoms with Crippen LogP contribution < -0.4 is 11.1 Å². The molecule has 2 fully saturated rings. The Morgan fingerprint density at radius 3 is 3.05 bits per heavy atom. The van der Waals surface area contributed by atoms with Crippen molar-refractivity contribution < 1.29 is 0 Å². The lowest BCUT2D eigenvalue weighted by atomic mass is 9.99. The first-order chi connectivity index (χ1) is 9.24. The van der Waals surface area contributed by atoms with Crippen LogP contribution in [0.3, 0.4) is 0 Å². The summed E-state index contributed by atoms with van der Waals surface area (Å²) in [7, 11) is 0. The number of nitrogens with one attached hydrogen (secondary N) is 1. The van der Waals surface area contributed by atoms with Crippen LogP contribution in [0.15, 0.2) is 18.2 Å². The lowest BCUT2D eigenvalue weighted by Crippen LogP contribution is -2.41. The fraction of sp³-hybridized carbons (Fsp3) is 0.571. The molecule has 0 amide bonds. The molecule has 4 nitrogen and oxygen atoms in total. The van der Waals surface area contributed by atoms with Crippen LogP contribution in [0.25, 0.3) is 0 Å². The number of aromatic nitrogens is 1. The van der Waals surface area contributed by atoms with Crippen LogP contribution in [-0.4, -0.2) is 40.0 Å². The van der Waals surface area contributed by atoms with Crippen LogP contribution in [0.2, 0.25) is 0 Å². The molecule has 2 unspecified atom stereocenters. The average molecular weight is 276 g/mol. The minimum absolute atomic E-state index is 0.356. The average Bonchev–Trinajstić information content (AvgIpc) is 2.83. The Morgan fingerprint density at radius 2 is 2.21 bits per heavy atom. The molecule has 2 aliphatic heterocycles. The molecular weight excluding hydrogens is 256 g/mol. The highest BCUT2D eigenvalue weighted by Crippen LogP contribution is 2.28. The number of piperidine rings is 1. The summed E-state index contributed by atoms with van der Waals surface area (Å²) >= 11 is 4.98. The van der Waals surface area contributed by atoms with Crippen molar-refractivity contribution in [2.45, 2.75) is 37.8 Å². The SMILES string of the molecule is NC(=S)c1cccc(NC2CCN3CCCCC23)n1. The summed E-state index contributed by atoms with van der Waals surface area (Å²) in [4.78, 5) is 7.44. The molecule has 0 aliphatic carbocycles. The molecule has 3 heterocycles. The number of hydrogen-bond acceptors (Lipinski definition) is 4. The first-order valence-corrected chi connectivity index (χ1v) is 7.42. The second kappa shape index (κ2) is 5.43. The molecule has 0 radical (unpaired) electrons. The van der Waals surface area contributed by atoms with Gasteiger partial charge in [0.25, 0.3) is 0 Å². The zero-order chi connectivity index (χ0) is 13.2. The van der Waals surface area contributed by atoms with Crippen LogP contribution in [0.5, 0.6) is 0 Å². The summed E-state index contributed by atoms with van der Waals surface area (Å²) in [5.41, 5.74) is 6.32. The first-order valence-electron chi connectivity index (χ1n) is 7.01. The third kappa shape index (κ3) is 2.72. The standard InChI is InChI=1S/C14H20N4S/c15-14(19)11-4-3-6-13(17-11)16-10-7-9-18-8-2-1-5-12(10)18/h3-4,6,10,12H,1-2,5,7-9H2,(H2,15,19)(H,16,17). The topological polar surface area (TPSA) is 54.2 Å². The largest absolute Gasteiger partial charge is 0.388 e. The van der Waals surface area contributed by atoms with Crippen LogP contribution in [0, 0.1) is 0 Å². The van der Waals surface area contributed by atoms with E-state index in [2.05, 4.69) is 15.2 Å². The quantitative estimate of drug-likeness (QED) is 0.824. The van der Waals surface area contributed by atoms with Crippen molar-refractivity contribution in [3.63, 3.8) is 0 Å². The summed E-state index contributed by atoms with van der Waals surface area (Å²) in [5, 5.41) is 3.57. The number of nitrogens with two attached hydrogens (primary N) is 1. The fourth-order valence-electron chi connectivity index (χ4n) is 3.26. The second-order valence-electron chi connectivity index (χ2n) is 5.41. The molecule has 0 saturated carbocycles. The van der Waals surface area contributed by atoms with E-state index < -0.39 is 0 Å². The molecule has 3 N–H and O–H groups in total. The van der Waals surface area contributed by atoms with Crippen molar-refractivity contribution in [1.29, 1.82) is 0 Å². The van der Waals surface area contributed by atoms with Crippen LogP contribution >= 0.6 is 12.2 Å². The summed E-state index contributed by atoms with van der Waals surface area (Å²) in [5.74, 6) is 0.891. The first kappa shape index (κ1) is 12.8. The maximum atomic E-state index is 5.63. The van der Waals surface area contributed by atoms with Crippen LogP contribution in [-0.2, 0) is 0 Å². The monoisotopic (exact) mass is 276 g/mol. The summed E-state index contributed by atoms with van der Waals surface area (Å²) in [6, 6.07) is 6.98. The van der Waals surface area contributed by atoms with Gasteiger partial charge in [0, 0.05) is 18.6 Å². The highest BCUT2D eigenvalue weighted by molar-refractivity contribution is 7.80. The molecule has 0 bridgehead atoms. The lowest BCUT2D eigenvalue weighted by Gasteiger charge is -2.32. The normalized spacial score (nSPS) is 26.9. The minimum atomic E-state index is 0.356. The number of hydrogen-bond donors (Lipinski definition) is 2. The predicted molar refractivity (Wildman–Crippen MR) is 81.4 cm³/mol. The Bertz CT molecular complexity index is 476. The van der Waals surface area contributed by atoms with Gasteiger partial charge in [-0.1, -0.05) is 24.7 Å². The van der Waals surface area contributed by atoms with Gasteiger partial charge in [0.05, 0.1) is 5.69 Å². The summed E-state index contributed by atoms with van der Waals surface area (Å²) in [6.45, 7) is 2.46. The van der Waals surface area contributed by atoms with E-state index in [1.54, 1.807) is 0 Å². The highest BCUT2D eigenvalue weighted by Gasteiger charge is 2.35. The molecule has 19 heavy (non-hydrogen) atoms. The molecule has 0 spiro atoms. The van der Waals surface area contributed by atoms with Gasteiger partial charge in [-0.15, -0.1) is 0 Å². The third-order valence-corrected chi connectivity index (χ3v) is 4.40. The zero-order valence-corrected chi connectivity index (χ0v) is 11.8. The van der Waals surface area contributed by atoms with Gasteiger partial charge in [-0.05, 0) is 37.9 Å². The molecule has 2 atom stereocenters. The Labute approximate surface area is 119 Å². The number of rotatable bonds is 3. The Morgan fingerprint density at radius 1 is 1.32 bits per heavy atom. The van der Waals surface area contributed by atoms with Crippen LogP contribution in [0.4, 0.5) is 5.82 Å². The Hall–Kier alpha value is -1.20. The van der Waals surface area contributed by atoms with Gasteiger partial charge in [0.1, 0.15) is 10.8 Å². The maximum absolute atomic E-state index is 5.63. The van der Waals surface area contributed by atoms with E-state index in [9.17, 15) is 0 Å². The predicted octanol–water partition coefficient (Wildman–Crippen LogP) is 1.75. The molecule has 2 aliphatic rings. The van der Waals surface area contributed by atoms with Gasteiger partial charge in [-0.3, -0.25) is 4.90 Å². The summed E-state index contributed by atoms with van der Waals surface area (Å²) < 4.78 is 0. The third-order valence-electron chi connectivity index (χ3n) is 4.19. The van der Waals surface area contributed by atoms with Crippen LogP contribution in [0.1, 0.15) is 31.4 Å². The van der Waals surface area contributed by atoms with Crippen molar-refractivity contribution in [3.05, 3.63) is 23.9 Å². The van der Waals surface area contributed by atoms with Gasteiger partial charge in [-0.2, -0.15) is 0 Å². The molecule has 1 aromatic rings. The molecule has 3 rings (SSSR count). The zero-order valence-electron chi connectivity index (χ0n) is 11.0. The molecule has 102 valence electrons. The minimum Gasteiger partial charge on any atom is -0.388 e.